The minimum absolute atomic E-state index is 0.266. The molecule has 1 atom stereocenters. The number of hydrogen-bond donors (Lipinski definition) is 2. The molecule has 0 radical (unpaired) electrons. The predicted molar refractivity (Wildman–Crippen MR) is 51.7 cm³/mol. The number of hydrogen-bond acceptors (Lipinski definition) is 4. The summed E-state index contributed by atoms with van der Waals surface area (Å²) < 4.78 is 4.87. The summed E-state index contributed by atoms with van der Waals surface area (Å²) in [4.78, 5) is 4.33. The lowest BCUT2D eigenvalue weighted by Gasteiger charge is -2.17. The van der Waals surface area contributed by atoms with Crippen molar-refractivity contribution in [3.8, 4) is 0 Å². The molecule has 1 aromatic heterocycles. The fourth-order valence-corrected chi connectivity index (χ4v) is 1.58. The van der Waals surface area contributed by atoms with E-state index in [0.29, 0.717) is 6.04 Å². The molecule has 0 spiro atoms. The van der Waals surface area contributed by atoms with Crippen LogP contribution >= 0.6 is 12.2 Å². The smallest absolute Gasteiger partial charge is 0.314 e. The van der Waals surface area contributed by atoms with Crippen LogP contribution in [0.25, 0.3) is 5.57 Å². The van der Waals surface area contributed by atoms with Crippen molar-refractivity contribution in [1.82, 2.24) is 15.5 Å². The van der Waals surface area contributed by atoms with Gasteiger partial charge < -0.3 is 9.84 Å². The van der Waals surface area contributed by atoms with E-state index in [-0.39, 0.29) is 4.84 Å². The average molecular weight is 197 g/mol. The lowest BCUT2D eigenvalue weighted by Crippen LogP contribution is -2.29. The summed E-state index contributed by atoms with van der Waals surface area (Å²) in [5.74, 6) is 0.762. The van der Waals surface area contributed by atoms with E-state index < -0.39 is 0 Å². The van der Waals surface area contributed by atoms with Crippen LogP contribution in [0.2, 0.25) is 0 Å². The molecule has 1 aliphatic rings. The lowest BCUT2D eigenvalue weighted by molar-refractivity contribution is 0.402. The van der Waals surface area contributed by atoms with Gasteiger partial charge in [-0.1, -0.05) is 6.08 Å². The molecule has 0 fully saturated rings. The van der Waals surface area contributed by atoms with Gasteiger partial charge in [-0.3, -0.25) is 0 Å². The highest BCUT2D eigenvalue weighted by Gasteiger charge is 2.12. The largest absolute Gasteiger partial charge is 0.348 e. The molecule has 4 nitrogen and oxygen atoms in total. The van der Waals surface area contributed by atoms with Gasteiger partial charge in [-0.25, -0.2) is 5.16 Å². The van der Waals surface area contributed by atoms with Gasteiger partial charge in [0, 0.05) is 6.04 Å². The lowest BCUT2D eigenvalue weighted by atomic mass is 10.1. The Hall–Kier alpha value is -0.940. The van der Waals surface area contributed by atoms with Crippen molar-refractivity contribution in [3.63, 3.8) is 0 Å². The number of aromatic amines is 1. The molecular formula is C8H11N3OS. The standard InChI is InChI=1S/C8H11N3OS/c1-5-4-6(2-3-9-5)7-10-8(13)12-11-7/h4-5,9H,2-3H2,1H3,(H,10,11,13)/t5-/m1/s1. The van der Waals surface area contributed by atoms with Gasteiger partial charge in [-0.15, -0.1) is 0 Å². The first kappa shape index (κ1) is 8.65. The zero-order valence-electron chi connectivity index (χ0n) is 7.33. The SMILES string of the molecule is C[C@@H]1C=C(c2nc(=S)o[nH]2)CCN1. The molecule has 2 N–H and O–H groups in total. The number of rotatable bonds is 1. The third-order valence-corrected chi connectivity index (χ3v) is 2.23. The second-order valence-corrected chi connectivity index (χ2v) is 3.46. The fraction of sp³-hybridized carbons (Fsp3) is 0.500. The average Bonchev–Trinajstić information content (AvgIpc) is 2.52. The van der Waals surface area contributed by atoms with Crippen molar-refractivity contribution in [2.24, 2.45) is 0 Å². The zero-order valence-corrected chi connectivity index (χ0v) is 8.15. The molecule has 2 heterocycles. The Kier molecular flexibility index (Phi) is 2.28. The van der Waals surface area contributed by atoms with Gasteiger partial charge in [0.25, 0.3) is 0 Å². The van der Waals surface area contributed by atoms with Crippen LogP contribution in [-0.4, -0.2) is 22.7 Å². The number of H-pyrrole nitrogens is 1. The zero-order chi connectivity index (χ0) is 9.26. The van der Waals surface area contributed by atoms with E-state index in [2.05, 4.69) is 28.5 Å². The highest BCUT2D eigenvalue weighted by atomic mass is 32.1. The Morgan fingerprint density at radius 2 is 2.54 bits per heavy atom. The molecule has 2 rings (SSSR count). The van der Waals surface area contributed by atoms with Gasteiger partial charge in [0.1, 0.15) is 0 Å². The van der Waals surface area contributed by atoms with Crippen molar-refractivity contribution in [2.75, 3.05) is 6.54 Å². The molecule has 13 heavy (non-hydrogen) atoms. The van der Waals surface area contributed by atoms with E-state index in [1.807, 2.05) is 0 Å². The van der Waals surface area contributed by atoms with Crippen LogP contribution in [0.4, 0.5) is 0 Å². The number of nitrogens with one attached hydrogen (secondary N) is 2. The Balaban J connectivity index is 2.30. The summed E-state index contributed by atoms with van der Waals surface area (Å²) in [5.41, 5.74) is 1.17. The van der Waals surface area contributed by atoms with Crippen molar-refractivity contribution >= 4 is 17.8 Å². The molecule has 1 aliphatic heterocycles. The third-order valence-electron chi connectivity index (χ3n) is 2.05. The van der Waals surface area contributed by atoms with Gasteiger partial charge in [0.05, 0.1) is 0 Å². The van der Waals surface area contributed by atoms with E-state index in [4.69, 9.17) is 16.7 Å². The minimum atomic E-state index is 0.266. The highest BCUT2D eigenvalue weighted by molar-refractivity contribution is 7.71. The maximum absolute atomic E-state index is 4.87. The van der Waals surface area contributed by atoms with Gasteiger partial charge in [-0.2, -0.15) is 4.98 Å². The minimum Gasteiger partial charge on any atom is -0.348 e. The first-order valence-electron chi connectivity index (χ1n) is 4.25. The molecule has 0 aromatic carbocycles. The topological polar surface area (TPSA) is 53.9 Å². The van der Waals surface area contributed by atoms with Crippen molar-refractivity contribution in [2.45, 2.75) is 19.4 Å². The van der Waals surface area contributed by atoms with Gasteiger partial charge >= 0.3 is 4.84 Å². The van der Waals surface area contributed by atoms with Crippen LogP contribution in [0, 0.1) is 4.84 Å². The molecule has 0 unspecified atom stereocenters. The van der Waals surface area contributed by atoms with Crippen LogP contribution in [-0.2, 0) is 0 Å². The van der Waals surface area contributed by atoms with E-state index in [1.165, 1.54) is 5.57 Å². The van der Waals surface area contributed by atoms with Crippen molar-refractivity contribution < 1.29 is 4.52 Å². The molecule has 70 valence electrons. The Bertz CT molecular complexity index is 379. The summed E-state index contributed by atoms with van der Waals surface area (Å²) in [6.45, 7) is 3.08. The quantitative estimate of drug-likeness (QED) is 0.670. The molecule has 0 bridgehead atoms. The molecule has 0 saturated carbocycles. The maximum atomic E-state index is 4.87. The summed E-state index contributed by atoms with van der Waals surface area (Å²) in [6, 6.07) is 0.391. The fourth-order valence-electron chi connectivity index (χ4n) is 1.44. The van der Waals surface area contributed by atoms with E-state index in [0.717, 1.165) is 18.8 Å². The first-order valence-corrected chi connectivity index (χ1v) is 4.66. The van der Waals surface area contributed by atoms with Gasteiger partial charge in [0.2, 0.25) is 0 Å². The number of aromatic nitrogens is 2. The summed E-state index contributed by atoms with van der Waals surface area (Å²) in [6.07, 6.45) is 3.09. The molecule has 0 aliphatic carbocycles. The predicted octanol–water partition coefficient (Wildman–Crippen LogP) is 1.50. The van der Waals surface area contributed by atoms with Crippen LogP contribution < -0.4 is 5.32 Å². The molecular weight excluding hydrogens is 186 g/mol. The normalized spacial score (nSPS) is 22.8. The number of nitrogens with zero attached hydrogens (tertiary/aromatic N) is 1. The first-order chi connectivity index (χ1) is 6.25. The summed E-state index contributed by atoms with van der Waals surface area (Å²) >= 11 is 4.78. The maximum Gasteiger partial charge on any atom is 0.314 e. The second-order valence-electron chi connectivity index (χ2n) is 3.12. The Morgan fingerprint density at radius 1 is 1.69 bits per heavy atom. The van der Waals surface area contributed by atoms with Gasteiger partial charge in [0.15, 0.2) is 5.82 Å². The van der Waals surface area contributed by atoms with E-state index >= 15 is 0 Å². The summed E-state index contributed by atoms with van der Waals surface area (Å²) in [5, 5.41) is 6.02. The molecule has 0 amide bonds. The highest BCUT2D eigenvalue weighted by Crippen LogP contribution is 2.17. The third kappa shape index (κ3) is 1.87. The van der Waals surface area contributed by atoms with Crippen LogP contribution in [0.1, 0.15) is 19.2 Å². The molecule has 1 aromatic rings. The van der Waals surface area contributed by atoms with Crippen LogP contribution in [0.15, 0.2) is 10.6 Å². The Morgan fingerprint density at radius 3 is 3.15 bits per heavy atom. The van der Waals surface area contributed by atoms with Crippen molar-refractivity contribution in [1.29, 1.82) is 0 Å². The van der Waals surface area contributed by atoms with E-state index in [1.54, 1.807) is 0 Å². The van der Waals surface area contributed by atoms with Crippen molar-refractivity contribution in [3.05, 3.63) is 16.7 Å². The Labute approximate surface area is 81.0 Å². The monoisotopic (exact) mass is 197 g/mol. The molecule has 0 saturated heterocycles. The van der Waals surface area contributed by atoms with E-state index in [9.17, 15) is 0 Å². The van der Waals surface area contributed by atoms with Crippen LogP contribution in [0.5, 0.6) is 0 Å². The second kappa shape index (κ2) is 3.43. The van der Waals surface area contributed by atoms with Crippen LogP contribution in [0.3, 0.4) is 0 Å². The van der Waals surface area contributed by atoms with Gasteiger partial charge in [-0.05, 0) is 37.7 Å². The summed E-state index contributed by atoms with van der Waals surface area (Å²) in [7, 11) is 0. The molecule has 5 heteroatoms.